The van der Waals surface area contributed by atoms with E-state index < -0.39 is 5.97 Å². The van der Waals surface area contributed by atoms with Crippen LogP contribution in [0, 0.1) is 0 Å². The number of nitrogens with zero attached hydrogens (tertiary/aromatic N) is 1. The molecule has 4 nitrogen and oxygen atoms in total. The Morgan fingerprint density at radius 3 is 2.55 bits per heavy atom. The molecule has 0 atom stereocenters. The number of hydrogen-bond acceptors (Lipinski definition) is 4. The highest BCUT2D eigenvalue weighted by Gasteiger charge is 2.14. The summed E-state index contributed by atoms with van der Waals surface area (Å²) < 4.78 is 10.1. The van der Waals surface area contributed by atoms with Gasteiger partial charge in [0.1, 0.15) is 5.58 Å². The van der Waals surface area contributed by atoms with Gasteiger partial charge in [0.05, 0.1) is 7.11 Å². The predicted molar refractivity (Wildman–Crippen MR) is 81.2 cm³/mol. The predicted octanol–water partition coefficient (Wildman–Crippen LogP) is 3.50. The quantitative estimate of drug-likeness (QED) is 0.604. The summed E-state index contributed by atoms with van der Waals surface area (Å²) in [5, 5.41) is 0.844. The smallest absolute Gasteiger partial charge is 0.373 e. The zero-order chi connectivity index (χ0) is 14.5. The molecule has 0 aliphatic heterocycles. The van der Waals surface area contributed by atoms with Gasteiger partial charge in [-0.3, -0.25) is 0 Å². The first-order valence-corrected chi connectivity index (χ1v) is 7.25. The second kappa shape index (κ2) is 6.86. The van der Waals surface area contributed by atoms with Crippen LogP contribution in [0.5, 0.6) is 0 Å². The molecule has 2 aromatic rings. The minimum absolute atomic E-state index is 0.195. The molecule has 0 saturated heterocycles. The van der Waals surface area contributed by atoms with E-state index in [2.05, 4.69) is 9.64 Å². The fraction of sp³-hybridized carbons (Fsp3) is 0.357. The van der Waals surface area contributed by atoms with Crippen LogP contribution in [0.2, 0.25) is 0 Å². The molecule has 0 aliphatic rings. The minimum atomic E-state index is -0.485. The van der Waals surface area contributed by atoms with E-state index in [9.17, 15) is 4.79 Å². The Morgan fingerprint density at radius 1 is 1.25 bits per heavy atom. The summed E-state index contributed by atoms with van der Waals surface area (Å²) in [6.07, 6.45) is 0. The number of furan rings is 1. The van der Waals surface area contributed by atoms with Crippen molar-refractivity contribution in [1.29, 1.82) is 0 Å². The SMILES string of the molecule is COC(=O)c1cc2cc(N(CCCl)CCCl)ccc2o1. The van der Waals surface area contributed by atoms with Crippen molar-refractivity contribution in [2.45, 2.75) is 0 Å². The number of halogens is 2. The molecule has 0 radical (unpaired) electrons. The summed E-state index contributed by atoms with van der Waals surface area (Å²) in [6, 6.07) is 7.37. The van der Waals surface area contributed by atoms with E-state index in [1.165, 1.54) is 7.11 Å². The molecule has 2 rings (SSSR count). The standard InChI is InChI=1S/C14H15Cl2NO3/c1-19-14(18)13-9-10-8-11(2-3-12(10)20-13)17(6-4-15)7-5-16/h2-3,8-9H,4-7H2,1H3. The third-order valence-electron chi connectivity index (χ3n) is 2.96. The van der Waals surface area contributed by atoms with Crippen LogP contribution in [0.15, 0.2) is 28.7 Å². The Kier molecular flexibility index (Phi) is 5.15. The second-order valence-corrected chi connectivity index (χ2v) is 4.95. The molecule has 0 spiro atoms. The third-order valence-corrected chi connectivity index (χ3v) is 3.30. The number of rotatable bonds is 6. The van der Waals surface area contributed by atoms with Gasteiger partial charge in [-0.2, -0.15) is 0 Å². The van der Waals surface area contributed by atoms with E-state index in [1.807, 2.05) is 18.2 Å². The number of benzene rings is 1. The number of esters is 1. The summed E-state index contributed by atoms with van der Waals surface area (Å²) in [4.78, 5) is 13.5. The average Bonchev–Trinajstić information content (AvgIpc) is 2.89. The maximum Gasteiger partial charge on any atom is 0.373 e. The minimum Gasteiger partial charge on any atom is -0.463 e. The molecular formula is C14H15Cl2NO3. The lowest BCUT2D eigenvalue weighted by molar-refractivity contribution is 0.0567. The van der Waals surface area contributed by atoms with Gasteiger partial charge in [-0.15, -0.1) is 23.2 Å². The topological polar surface area (TPSA) is 42.7 Å². The van der Waals surface area contributed by atoms with Gasteiger partial charge >= 0.3 is 5.97 Å². The molecule has 6 heteroatoms. The normalized spacial score (nSPS) is 10.8. The molecule has 0 unspecified atom stereocenters. The van der Waals surface area contributed by atoms with Gasteiger partial charge in [-0.05, 0) is 24.3 Å². The Labute approximate surface area is 127 Å². The molecule has 1 heterocycles. The van der Waals surface area contributed by atoms with Crippen molar-refractivity contribution in [1.82, 2.24) is 0 Å². The van der Waals surface area contributed by atoms with Crippen molar-refractivity contribution in [3.63, 3.8) is 0 Å². The van der Waals surface area contributed by atoms with E-state index in [-0.39, 0.29) is 5.76 Å². The van der Waals surface area contributed by atoms with Crippen LogP contribution in [0.3, 0.4) is 0 Å². The Bertz CT molecular complexity index is 591. The van der Waals surface area contributed by atoms with Gasteiger partial charge in [-0.25, -0.2) is 4.79 Å². The van der Waals surface area contributed by atoms with Gasteiger partial charge in [-0.1, -0.05) is 0 Å². The highest BCUT2D eigenvalue weighted by Crippen LogP contribution is 2.25. The highest BCUT2D eigenvalue weighted by atomic mass is 35.5. The number of anilines is 1. The number of fused-ring (bicyclic) bond motifs is 1. The summed E-state index contributed by atoms with van der Waals surface area (Å²) >= 11 is 11.6. The molecule has 0 fully saturated rings. The zero-order valence-electron chi connectivity index (χ0n) is 11.1. The van der Waals surface area contributed by atoms with Gasteiger partial charge < -0.3 is 14.1 Å². The van der Waals surface area contributed by atoms with Gasteiger partial charge in [0.25, 0.3) is 0 Å². The van der Waals surface area contributed by atoms with E-state index in [4.69, 9.17) is 27.6 Å². The fourth-order valence-electron chi connectivity index (χ4n) is 2.00. The monoisotopic (exact) mass is 315 g/mol. The first-order chi connectivity index (χ1) is 9.69. The summed E-state index contributed by atoms with van der Waals surface area (Å²) in [5.41, 5.74) is 1.64. The summed E-state index contributed by atoms with van der Waals surface area (Å²) in [5.74, 6) is 0.753. The fourth-order valence-corrected chi connectivity index (χ4v) is 2.41. The Balaban J connectivity index is 2.34. The Hall–Kier alpha value is -1.39. The van der Waals surface area contributed by atoms with Crippen LogP contribution in [-0.2, 0) is 4.74 Å². The first-order valence-electron chi connectivity index (χ1n) is 6.18. The third kappa shape index (κ3) is 3.19. The number of carbonyl (C=O) groups is 1. The van der Waals surface area contributed by atoms with Crippen LogP contribution < -0.4 is 4.90 Å². The van der Waals surface area contributed by atoms with Crippen molar-refractivity contribution in [3.05, 3.63) is 30.0 Å². The zero-order valence-corrected chi connectivity index (χ0v) is 12.6. The lowest BCUT2D eigenvalue weighted by Crippen LogP contribution is -2.27. The summed E-state index contributed by atoms with van der Waals surface area (Å²) in [7, 11) is 1.32. The molecule has 1 aromatic heterocycles. The van der Waals surface area contributed by atoms with Gasteiger partial charge in [0.2, 0.25) is 5.76 Å². The summed E-state index contributed by atoms with van der Waals surface area (Å²) in [6.45, 7) is 1.42. The lowest BCUT2D eigenvalue weighted by Gasteiger charge is -2.22. The van der Waals surface area contributed by atoms with Crippen molar-refractivity contribution >= 4 is 45.8 Å². The molecule has 1 aromatic carbocycles. The largest absolute Gasteiger partial charge is 0.463 e. The number of ether oxygens (including phenoxy) is 1. The van der Waals surface area contributed by atoms with E-state index >= 15 is 0 Å². The molecule has 0 N–H and O–H groups in total. The molecule has 0 bridgehead atoms. The molecule has 0 amide bonds. The van der Waals surface area contributed by atoms with Crippen molar-refractivity contribution < 1.29 is 13.9 Å². The number of alkyl halides is 2. The molecule has 0 aliphatic carbocycles. The van der Waals surface area contributed by atoms with Gasteiger partial charge in [0, 0.05) is 35.9 Å². The van der Waals surface area contributed by atoms with Crippen LogP contribution >= 0.6 is 23.2 Å². The maximum atomic E-state index is 11.4. The van der Waals surface area contributed by atoms with E-state index in [0.29, 0.717) is 30.4 Å². The second-order valence-electron chi connectivity index (χ2n) is 4.19. The number of carbonyl (C=O) groups excluding carboxylic acids is 1. The number of hydrogen-bond donors (Lipinski definition) is 0. The first kappa shape index (κ1) is 15.0. The van der Waals surface area contributed by atoms with Crippen molar-refractivity contribution in [2.24, 2.45) is 0 Å². The van der Waals surface area contributed by atoms with Crippen LogP contribution in [-0.4, -0.2) is 37.9 Å². The van der Waals surface area contributed by atoms with Crippen LogP contribution in [0.4, 0.5) is 5.69 Å². The number of methoxy groups -OCH3 is 1. The van der Waals surface area contributed by atoms with Crippen LogP contribution in [0.1, 0.15) is 10.6 Å². The van der Waals surface area contributed by atoms with Crippen molar-refractivity contribution in [3.8, 4) is 0 Å². The molecule has 0 saturated carbocycles. The molecule has 108 valence electrons. The lowest BCUT2D eigenvalue weighted by atomic mass is 10.2. The highest BCUT2D eigenvalue weighted by molar-refractivity contribution is 6.18. The van der Waals surface area contributed by atoms with Gasteiger partial charge in [0.15, 0.2) is 0 Å². The molecular weight excluding hydrogens is 301 g/mol. The maximum absolute atomic E-state index is 11.4. The van der Waals surface area contributed by atoms with E-state index in [0.717, 1.165) is 11.1 Å². The van der Waals surface area contributed by atoms with Crippen molar-refractivity contribution in [2.75, 3.05) is 36.9 Å². The van der Waals surface area contributed by atoms with E-state index in [1.54, 1.807) is 6.07 Å². The molecule has 20 heavy (non-hydrogen) atoms. The average molecular weight is 316 g/mol. The van der Waals surface area contributed by atoms with Crippen LogP contribution in [0.25, 0.3) is 11.0 Å². The Morgan fingerprint density at radius 2 is 1.95 bits per heavy atom.